The van der Waals surface area contributed by atoms with Crippen molar-refractivity contribution < 1.29 is 0 Å². The van der Waals surface area contributed by atoms with Crippen molar-refractivity contribution in [3.05, 3.63) is 152 Å². The van der Waals surface area contributed by atoms with E-state index in [9.17, 15) is 0 Å². The summed E-state index contributed by atoms with van der Waals surface area (Å²) in [5, 5.41) is 0. The summed E-state index contributed by atoms with van der Waals surface area (Å²) in [5.41, 5.74) is 13.6. The molecule has 0 radical (unpaired) electrons. The predicted molar refractivity (Wildman–Crippen MR) is 162 cm³/mol. The Labute approximate surface area is 220 Å². The molecular weight excluding hydrogens is 443 g/mol. The minimum Gasteiger partial charge on any atom is -0.0884 e. The summed E-state index contributed by atoms with van der Waals surface area (Å²) >= 11 is 0. The number of hydrogen-bond acceptors (Lipinski definition) is 0. The van der Waals surface area contributed by atoms with E-state index in [0.29, 0.717) is 0 Å². The van der Waals surface area contributed by atoms with Gasteiger partial charge in [-0.15, -0.1) is 0 Å². The molecule has 0 bridgehead atoms. The van der Waals surface area contributed by atoms with Crippen LogP contribution in [0, 0.1) is 0 Å². The first-order chi connectivity index (χ1) is 18.2. The lowest BCUT2D eigenvalue weighted by Gasteiger charge is -2.13. The molecule has 0 aliphatic heterocycles. The molecule has 174 valence electrons. The smallest absolute Gasteiger partial charge is 0.0884 e. The molecule has 0 nitrogen and oxygen atoms in total. The molecule has 0 saturated heterocycles. The molecule has 0 saturated carbocycles. The quantitative estimate of drug-likeness (QED) is 0.223. The average Bonchev–Trinajstić information content (AvgIpc) is 2.98. The third kappa shape index (κ3) is 5.03. The first-order valence-corrected chi connectivity index (χ1v) is 12.8. The first-order valence-electron chi connectivity index (χ1n) is 12.8. The van der Waals surface area contributed by atoms with Crippen molar-refractivity contribution in [3.8, 4) is 55.6 Å². The summed E-state index contributed by atoms with van der Waals surface area (Å²) in [7, 11) is 2.14. The van der Waals surface area contributed by atoms with Crippen LogP contribution in [0.5, 0.6) is 0 Å². The normalized spacial score (nSPS) is 10.8. The highest BCUT2D eigenvalue weighted by atomic mass is 14.1. The summed E-state index contributed by atoms with van der Waals surface area (Å²) in [4.78, 5) is 0. The van der Waals surface area contributed by atoms with E-state index < -0.39 is 0 Å². The van der Waals surface area contributed by atoms with E-state index in [-0.39, 0.29) is 0 Å². The van der Waals surface area contributed by atoms with Crippen LogP contribution in [0.15, 0.2) is 152 Å². The Balaban J connectivity index is 1.44. The molecule has 6 aromatic rings. The van der Waals surface area contributed by atoms with E-state index >= 15 is 0 Å². The van der Waals surface area contributed by atoms with Crippen molar-refractivity contribution in [2.75, 3.05) is 0 Å². The highest BCUT2D eigenvalue weighted by molar-refractivity contribution is 6.32. The van der Waals surface area contributed by atoms with Gasteiger partial charge in [-0.3, -0.25) is 0 Å². The van der Waals surface area contributed by atoms with Gasteiger partial charge in [0.05, 0.1) is 0 Å². The summed E-state index contributed by atoms with van der Waals surface area (Å²) < 4.78 is 0. The van der Waals surface area contributed by atoms with Crippen LogP contribution in [0.25, 0.3) is 55.6 Å². The molecule has 0 amide bonds. The van der Waals surface area contributed by atoms with Crippen LogP contribution in [0.4, 0.5) is 0 Å². The highest BCUT2D eigenvalue weighted by Gasteiger charge is 2.09. The molecule has 0 heterocycles. The minimum atomic E-state index is 1.22. The van der Waals surface area contributed by atoms with E-state index in [4.69, 9.17) is 0 Å². The van der Waals surface area contributed by atoms with E-state index in [1.165, 1.54) is 61.1 Å². The number of rotatable bonds is 5. The van der Waals surface area contributed by atoms with E-state index in [0.717, 1.165) is 0 Å². The molecule has 0 aromatic heterocycles. The molecule has 0 N–H and O–H groups in total. The lowest BCUT2D eigenvalue weighted by molar-refractivity contribution is 1.55. The van der Waals surface area contributed by atoms with E-state index in [1.807, 2.05) is 0 Å². The Morgan fingerprint density at radius 2 is 0.541 bits per heavy atom. The standard InChI is InChI=1S/C36H27B/c37-36-19-9-18-32(25-36)30-16-7-14-28(20-30)29-15-8-17-31(21-29)35-23-33(26-10-3-1-4-11-26)22-34(24-35)27-12-5-2-6-13-27/h1-25H,37H2. The molecule has 0 atom stereocenters. The molecule has 6 aromatic carbocycles. The molecule has 0 aliphatic rings. The second-order valence-corrected chi connectivity index (χ2v) is 9.56. The van der Waals surface area contributed by atoms with Crippen LogP contribution >= 0.6 is 0 Å². The van der Waals surface area contributed by atoms with E-state index in [1.54, 1.807) is 0 Å². The van der Waals surface area contributed by atoms with Crippen molar-refractivity contribution >= 4 is 13.3 Å². The van der Waals surface area contributed by atoms with Crippen LogP contribution in [-0.4, -0.2) is 7.85 Å². The largest absolute Gasteiger partial charge is 0.139 e. The lowest BCUT2D eigenvalue weighted by Crippen LogP contribution is -2.00. The molecule has 0 aliphatic carbocycles. The van der Waals surface area contributed by atoms with Gasteiger partial charge in [0.15, 0.2) is 0 Å². The van der Waals surface area contributed by atoms with Gasteiger partial charge in [0.25, 0.3) is 0 Å². The third-order valence-corrected chi connectivity index (χ3v) is 6.89. The molecular formula is C36H27B. The van der Waals surface area contributed by atoms with Crippen molar-refractivity contribution in [2.45, 2.75) is 0 Å². The molecule has 0 spiro atoms. The van der Waals surface area contributed by atoms with Crippen LogP contribution in [-0.2, 0) is 0 Å². The first kappa shape index (κ1) is 22.8. The zero-order chi connectivity index (χ0) is 25.0. The topological polar surface area (TPSA) is 0 Å². The fourth-order valence-electron chi connectivity index (χ4n) is 4.97. The lowest BCUT2D eigenvalue weighted by atomic mass is 9.90. The molecule has 0 fully saturated rings. The van der Waals surface area contributed by atoms with Gasteiger partial charge >= 0.3 is 0 Å². The molecule has 0 unspecified atom stereocenters. The van der Waals surface area contributed by atoms with Crippen molar-refractivity contribution in [2.24, 2.45) is 0 Å². The average molecular weight is 470 g/mol. The Hall–Kier alpha value is -4.62. The third-order valence-electron chi connectivity index (χ3n) is 6.89. The second kappa shape index (κ2) is 10.2. The van der Waals surface area contributed by atoms with Crippen LogP contribution < -0.4 is 5.46 Å². The Morgan fingerprint density at radius 1 is 0.243 bits per heavy atom. The van der Waals surface area contributed by atoms with Gasteiger partial charge in [0.2, 0.25) is 0 Å². The summed E-state index contributed by atoms with van der Waals surface area (Å²) in [5.74, 6) is 0. The minimum absolute atomic E-state index is 1.22. The van der Waals surface area contributed by atoms with Gasteiger partial charge in [-0.05, 0) is 86.0 Å². The Kier molecular flexibility index (Phi) is 6.27. The SMILES string of the molecule is Bc1cccc(-c2cccc(-c3cccc(-c4cc(-c5ccccc5)cc(-c5ccccc5)c4)c3)c2)c1. The fraction of sp³-hybridized carbons (Fsp3) is 0. The second-order valence-electron chi connectivity index (χ2n) is 9.56. The maximum Gasteiger partial charge on any atom is 0.139 e. The van der Waals surface area contributed by atoms with Gasteiger partial charge in [0.1, 0.15) is 7.85 Å². The predicted octanol–water partition coefficient (Wildman–Crippen LogP) is 8.28. The zero-order valence-corrected chi connectivity index (χ0v) is 20.9. The molecule has 1 heteroatoms. The molecule has 6 rings (SSSR count). The maximum atomic E-state index is 2.31. The fourth-order valence-corrected chi connectivity index (χ4v) is 4.97. The zero-order valence-electron chi connectivity index (χ0n) is 20.9. The maximum absolute atomic E-state index is 2.31. The van der Waals surface area contributed by atoms with Gasteiger partial charge in [-0.25, -0.2) is 0 Å². The number of benzene rings is 6. The van der Waals surface area contributed by atoms with E-state index in [2.05, 4.69) is 160 Å². The highest BCUT2D eigenvalue weighted by Crippen LogP contribution is 2.35. The van der Waals surface area contributed by atoms with Crippen molar-refractivity contribution in [1.82, 2.24) is 0 Å². The Bertz CT molecular complexity index is 1610. The number of hydrogen-bond donors (Lipinski definition) is 0. The van der Waals surface area contributed by atoms with Crippen molar-refractivity contribution in [1.29, 1.82) is 0 Å². The van der Waals surface area contributed by atoms with Crippen LogP contribution in [0.1, 0.15) is 0 Å². The summed E-state index contributed by atoms with van der Waals surface area (Å²) in [6.07, 6.45) is 0. The summed E-state index contributed by atoms with van der Waals surface area (Å²) in [6.45, 7) is 0. The van der Waals surface area contributed by atoms with Crippen LogP contribution in [0.2, 0.25) is 0 Å². The van der Waals surface area contributed by atoms with Crippen molar-refractivity contribution in [3.63, 3.8) is 0 Å². The van der Waals surface area contributed by atoms with Gasteiger partial charge in [0, 0.05) is 0 Å². The van der Waals surface area contributed by atoms with Gasteiger partial charge in [-0.2, -0.15) is 0 Å². The van der Waals surface area contributed by atoms with Gasteiger partial charge < -0.3 is 0 Å². The molecule has 37 heavy (non-hydrogen) atoms. The van der Waals surface area contributed by atoms with Crippen LogP contribution in [0.3, 0.4) is 0 Å². The Morgan fingerprint density at radius 3 is 0.973 bits per heavy atom. The monoisotopic (exact) mass is 470 g/mol. The summed E-state index contributed by atoms with van der Waals surface area (Å²) in [6, 6.07) is 54.6. The van der Waals surface area contributed by atoms with Gasteiger partial charge in [-0.1, -0.05) is 127 Å².